The van der Waals surface area contributed by atoms with Gasteiger partial charge in [-0.25, -0.2) is 0 Å². The fraction of sp³-hybridized carbons (Fsp3) is 0.444. The molecule has 0 radical (unpaired) electrons. The second-order valence-corrected chi connectivity index (χ2v) is 2.26. The summed E-state index contributed by atoms with van der Waals surface area (Å²) < 4.78 is 0. The largest absolute Gasteiger partial charge is 0.481 e. The highest BCUT2D eigenvalue weighted by Gasteiger charge is 1.98. The summed E-state index contributed by atoms with van der Waals surface area (Å²) >= 11 is 0. The quantitative estimate of drug-likeness (QED) is 0.631. The van der Waals surface area contributed by atoms with Crippen LogP contribution in [0.5, 0.6) is 0 Å². The van der Waals surface area contributed by atoms with Crippen LogP contribution < -0.4 is 0 Å². The summed E-state index contributed by atoms with van der Waals surface area (Å²) in [6.45, 7) is 3.87. The van der Waals surface area contributed by atoms with E-state index in [0.29, 0.717) is 0 Å². The van der Waals surface area contributed by atoms with E-state index in [1.54, 1.807) is 0 Å². The Morgan fingerprint density at radius 1 is 1.55 bits per heavy atom. The monoisotopic (exact) mass is 154 g/mol. The van der Waals surface area contributed by atoms with Crippen LogP contribution in [0.1, 0.15) is 26.7 Å². The highest BCUT2D eigenvalue weighted by Crippen LogP contribution is 2.04. The van der Waals surface area contributed by atoms with Crippen molar-refractivity contribution in [1.29, 1.82) is 0 Å². The second kappa shape index (κ2) is 5.71. The Morgan fingerprint density at radius 2 is 2.18 bits per heavy atom. The number of hydrogen-bond acceptors (Lipinski definition) is 1. The molecule has 0 aliphatic carbocycles. The molecule has 0 atom stereocenters. The Balaban J connectivity index is 4.11. The van der Waals surface area contributed by atoms with Crippen molar-refractivity contribution >= 4 is 5.97 Å². The van der Waals surface area contributed by atoms with Gasteiger partial charge in [-0.15, -0.1) is 0 Å². The first kappa shape index (κ1) is 9.95. The molecule has 0 saturated carbocycles. The van der Waals surface area contributed by atoms with Crippen molar-refractivity contribution in [3.05, 3.63) is 23.8 Å². The van der Waals surface area contributed by atoms with Crippen molar-refractivity contribution < 1.29 is 9.90 Å². The number of allylic oxidation sites excluding steroid dienone is 3. The van der Waals surface area contributed by atoms with E-state index in [-0.39, 0.29) is 6.42 Å². The van der Waals surface area contributed by atoms with Crippen LogP contribution in [0.4, 0.5) is 0 Å². The first-order valence-corrected chi connectivity index (χ1v) is 3.74. The fourth-order valence-corrected chi connectivity index (χ4v) is 0.850. The minimum absolute atomic E-state index is 0.123. The molecular weight excluding hydrogens is 140 g/mol. The summed E-state index contributed by atoms with van der Waals surface area (Å²) in [5.74, 6) is -0.775. The summed E-state index contributed by atoms with van der Waals surface area (Å²) in [7, 11) is 0. The Bertz CT molecular complexity index is 178. The molecule has 0 amide bonds. The van der Waals surface area contributed by atoms with Gasteiger partial charge in [-0.2, -0.15) is 0 Å². The molecule has 0 unspecified atom stereocenters. The molecule has 0 aromatic carbocycles. The van der Waals surface area contributed by atoms with Crippen LogP contribution in [0.2, 0.25) is 0 Å². The molecule has 0 aliphatic rings. The molecule has 0 saturated heterocycles. The lowest BCUT2D eigenvalue weighted by atomic mass is 10.1. The lowest BCUT2D eigenvalue weighted by Crippen LogP contribution is -1.95. The van der Waals surface area contributed by atoms with E-state index in [1.807, 2.05) is 32.1 Å². The van der Waals surface area contributed by atoms with Crippen molar-refractivity contribution in [1.82, 2.24) is 0 Å². The molecule has 0 bridgehead atoms. The standard InChI is InChI=1S/C9H14O2/c1-3-5-8(6-4-2)7-9(10)11/h3,5-6H,4,7H2,1-2H3,(H,10,11)/b5-3-,8-6+. The Labute approximate surface area is 67.2 Å². The molecule has 0 aliphatic heterocycles. The minimum atomic E-state index is -0.775. The molecule has 0 spiro atoms. The van der Waals surface area contributed by atoms with Gasteiger partial charge < -0.3 is 5.11 Å². The van der Waals surface area contributed by atoms with Crippen LogP contribution in [0.3, 0.4) is 0 Å². The van der Waals surface area contributed by atoms with E-state index in [9.17, 15) is 4.79 Å². The van der Waals surface area contributed by atoms with Gasteiger partial charge in [0.25, 0.3) is 0 Å². The van der Waals surface area contributed by atoms with Crippen molar-refractivity contribution in [2.24, 2.45) is 0 Å². The van der Waals surface area contributed by atoms with Gasteiger partial charge in [0.1, 0.15) is 0 Å². The summed E-state index contributed by atoms with van der Waals surface area (Å²) in [5.41, 5.74) is 0.877. The van der Waals surface area contributed by atoms with E-state index < -0.39 is 5.97 Å². The maximum Gasteiger partial charge on any atom is 0.307 e. The molecule has 11 heavy (non-hydrogen) atoms. The number of carbonyl (C=O) groups is 1. The second-order valence-electron chi connectivity index (χ2n) is 2.26. The van der Waals surface area contributed by atoms with Gasteiger partial charge in [-0.1, -0.05) is 25.2 Å². The predicted molar refractivity (Wildman–Crippen MR) is 45.4 cm³/mol. The lowest BCUT2D eigenvalue weighted by molar-refractivity contribution is -0.136. The Morgan fingerprint density at radius 3 is 2.55 bits per heavy atom. The van der Waals surface area contributed by atoms with Gasteiger partial charge in [-0.05, 0) is 18.9 Å². The summed E-state index contributed by atoms with van der Waals surface area (Å²) in [5, 5.41) is 8.46. The molecule has 0 aromatic rings. The van der Waals surface area contributed by atoms with Gasteiger partial charge in [0.2, 0.25) is 0 Å². The van der Waals surface area contributed by atoms with Crippen LogP contribution in [-0.4, -0.2) is 11.1 Å². The fourth-order valence-electron chi connectivity index (χ4n) is 0.850. The number of rotatable bonds is 4. The maximum absolute atomic E-state index is 10.3. The molecular formula is C9H14O2. The molecule has 62 valence electrons. The zero-order valence-electron chi connectivity index (χ0n) is 7.00. The van der Waals surface area contributed by atoms with E-state index in [0.717, 1.165) is 12.0 Å². The SMILES string of the molecule is C/C=C\C(=C/CC)CC(=O)O. The molecule has 0 aromatic heterocycles. The maximum atomic E-state index is 10.3. The third-order valence-corrected chi connectivity index (χ3v) is 1.20. The summed E-state index contributed by atoms with van der Waals surface area (Å²) in [6.07, 6.45) is 6.61. The van der Waals surface area contributed by atoms with E-state index >= 15 is 0 Å². The topological polar surface area (TPSA) is 37.3 Å². The van der Waals surface area contributed by atoms with Gasteiger partial charge in [-0.3, -0.25) is 4.79 Å². The van der Waals surface area contributed by atoms with E-state index in [1.165, 1.54) is 0 Å². The highest BCUT2D eigenvalue weighted by atomic mass is 16.4. The zero-order valence-corrected chi connectivity index (χ0v) is 7.00. The molecule has 2 nitrogen and oxygen atoms in total. The van der Waals surface area contributed by atoms with Gasteiger partial charge >= 0.3 is 5.97 Å². The molecule has 0 rings (SSSR count). The van der Waals surface area contributed by atoms with Gasteiger partial charge in [0.15, 0.2) is 0 Å². The lowest BCUT2D eigenvalue weighted by Gasteiger charge is -1.95. The Kier molecular flexibility index (Phi) is 5.17. The average molecular weight is 154 g/mol. The van der Waals surface area contributed by atoms with Crippen LogP contribution in [0.15, 0.2) is 23.8 Å². The number of carboxylic acid groups (broad SMARTS) is 1. The zero-order chi connectivity index (χ0) is 8.69. The normalized spacial score (nSPS) is 12.4. The molecule has 0 heterocycles. The van der Waals surface area contributed by atoms with Crippen molar-refractivity contribution in [3.8, 4) is 0 Å². The molecule has 1 N–H and O–H groups in total. The Hall–Kier alpha value is -1.05. The number of hydrogen-bond donors (Lipinski definition) is 1. The van der Waals surface area contributed by atoms with Crippen LogP contribution in [0.25, 0.3) is 0 Å². The average Bonchev–Trinajstić information content (AvgIpc) is 1.87. The van der Waals surface area contributed by atoms with Crippen molar-refractivity contribution in [3.63, 3.8) is 0 Å². The van der Waals surface area contributed by atoms with Gasteiger partial charge in [0, 0.05) is 0 Å². The first-order chi connectivity index (χ1) is 5.20. The van der Waals surface area contributed by atoms with E-state index in [2.05, 4.69) is 0 Å². The van der Waals surface area contributed by atoms with Crippen molar-refractivity contribution in [2.75, 3.05) is 0 Å². The number of aliphatic carboxylic acids is 1. The highest BCUT2D eigenvalue weighted by molar-refractivity contribution is 5.70. The van der Waals surface area contributed by atoms with Crippen molar-refractivity contribution in [2.45, 2.75) is 26.7 Å². The molecule has 2 heteroatoms. The molecule has 0 fully saturated rings. The third-order valence-electron chi connectivity index (χ3n) is 1.20. The number of carboxylic acids is 1. The van der Waals surface area contributed by atoms with Crippen LogP contribution in [0, 0.1) is 0 Å². The summed E-state index contributed by atoms with van der Waals surface area (Å²) in [6, 6.07) is 0. The van der Waals surface area contributed by atoms with E-state index in [4.69, 9.17) is 5.11 Å². The summed E-state index contributed by atoms with van der Waals surface area (Å²) in [4.78, 5) is 10.3. The third kappa shape index (κ3) is 5.40. The predicted octanol–water partition coefficient (Wildman–Crippen LogP) is 2.37. The smallest absolute Gasteiger partial charge is 0.307 e. The van der Waals surface area contributed by atoms with Gasteiger partial charge in [0.05, 0.1) is 6.42 Å². The van der Waals surface area contributed by atoms with Crippen LogP contribution >= 0.6 is 0 Å². The van der Waals surface area contributed by atoms with Crippen LogP contribution in [-0.2, 0) is 4.79 Å². The first-order valence-electron chi connectivity index (χ1n) is 3.74. The minimum Gasteiger partial charge on any atom is -0.481 e.